The number of hydrogen-bond donors (Lipinski definition) is 1. The van der Waals surface area contributed by atoms with Crippen LogP contribution >= 0.6 is 11.6 Å². The first-order valence-corrected chi connectivity index (χ1v) is 7.75. The molecule has 1 heterocycles. The van der Waals surface area contributed by atoms with Crippen LogP contribution in [0.25, 0.3) is 0 Å². The largest absolute Gasteiger partial charge is 0.484 e. The summed E-state index contributed by atoms with van der Waals surface area (Å²) in [7, 11) is -2.26. The summed E-state index contributed by atoms with van der Waals surface area (Å²) in [5.41, 5.74) is 1.23. The predicted molar refractivity (Wildman–Crippen MR) is 75.1 cm³/mol. The van der Waals surface area contributed by atoms with Gasteiger partial charge >= 0.3 is 0 Å². The van der Waals surface area contributed by atoms with Crippen LogP contribution in [0.2, 0.25) is 5.02 Å². The van der Waals surface area contributed by atoms with E-state index >= 15 is 0 Å². The van der Waals surface area contributed by atoms with Gasteiger partial charge in [-0.2, -0.15) is 5.10 Å². The highest BCUT2D eigenvalue weighted by molar-refractivity contribution is 7.89. The van der Waals surface area contributed by atoms with Crippen LogP contribution in [-0.4, -0.2) is 18.2 Å². The van der Waals surface area contributed by atoms with Crippen molar-refractivity contribution >= 4 is 21.6 Å². The molecule has 0 unspecified atom stereocenters. The molecule has 21 heavy (non-hydrogen) atoms. The van der Waals surface area contributed by atoms with Gasteiger partial charge in [0.15, 0.2) is 11.6 Å². The lowest BCUT2D eigenvalue weighted by molar-refractivity contribution is 0.280. The van der Waals surface area contributed by atoms with Gasteiger partial charge in [0.05, 0.1) is 21.3 Å². The van der Waals surface area contributed by atoms with E-state index in [1.807, 2.05) is 0 Å². The third-order valence-corrected chi connectivity index (χ3v) is 4.26. The normalized spacial score (nSPS) is 11.7. The van der Waals surface area contributed by atoms with Gasteiger partial charge in [-0.05, 0) is 25.1 Å². The molecule has 1 aromatic carbocycles. The molecule has 2 rings (SSSR count). The lowest BCUT2D eigenvalue weighted by atomic mass is 10.3. The van der Waals surface area contributed by atoms with Crippen molar-refractivity contribution in [2.24, 2.45) is 12.2 Å². The SMILES string of the molecule is Cc1nn(C)c(COc2ccc(S(N)(=O)=O)cc2F)c1Cl. The Morgan fingerprint density at radius 1 is 1.48 bits per heavy atom. The molecule has 1 aromatic heterocycles. The van der Waals surface area contributed by atoms with Crippen molar-refractivity contribution in [2.45, 2.75) is 18.4 Å². The fourth-order valence-corrected chi connectivity index (χ4v) is 2.50. The maximum Gasteiger partial charge on any atom is 0.238 e. The second-order valence-corrected chi connectivity index (χ2v) is 6.33. The number of aromatic nitrogens is 2. The average Bonchev–Trinajstić information content (AvgIpc) is 2.61. The summed E-state index contributed by atoms with van der Waals surface area (Å²) < 4.78 is 42.9. The molecule has 6 nitrogen and oxygen atoms in total. The topological polar surface area (TPSA) is 87.2 Å². The summed E-state index contributed by atoms with van der Waals surface area (Å²) in [5, 5.41) is 9.47. The maximum atomic E-state index is 13.8. The summed E-state index contributed by atoms with van der Waals surface area (Å²) in [4.78, 5) is -0.318. The van der Waals surface area contributed by atoms with Crippen molar-refractivity contribution in [1.29, 1.82) is 0 Å². The summed E-state index contributed by atoms with van der Waals surface area (Å²) in [5.74, 6) is -0.922. The molecule has 0 radical (unpaired) electrons. The van der Waals surface area contributed by atoms with E-state index in [1.54, 1.807) is 14.0 Å². The standard InChI is InChI=1S/C12H13ClFN3O3S/c1-7-12(13)10(17(2)16-7)6-20-11-4-3-8(5-9(11)14)21(15,18)19/h3-5H,6H2,1-2H3,(H2,15,18,19). The highest BCUT2D eigenvalue weighted by atomic mass is 35.5. The minimum atomic E-state index is -3.95. The van der Waals surface area contributed by atoms with Gasteiger partial charge in [0.2, 0.25) is 10.0 Å². The molecule has 0 aliphatic carbocycles. The number of halogens is 2. The van der Waals surface area contributed by atoms with Gasteiger partial charge in [0.25, 0.3) is 0 Å². The number of nitrogens with two attached hydrogens (primary N) is 1. The molecule has 0 aliphatic heterocycles. The fraction of sp³-hybridized carbons (Fsp3) is 0.250. The lowest BCUT2D eigenvalue weighted by Crippen LogP contribution is -2.12. The van der Waals surface area contributed by atoms with Gasteiger partial charge in [0, 0.05) is 7.05 Å². The number of sulfonamides is 1. The van der Waals surface area contributed by atoms with Crippen molar-refractivity contribution in [2.75, 3.05) is 0 Å². The highest BCUT2D eigenvalue weighted by Gasteiger charge is 2.15. The maximum absolute atomic E-state index is 13.8. The summed E-state index contributed by atoms with van der Waals surface area (Å²) >= 11 is 6.05. The Balaban J connectivity index is 2.21. The molecule has 2 N–H and O–H groups in total. The van der Waals surface area contributed by atoms with Gasteiger partial charge in [-0.1, -0.05) is 11.6 Å². The molecule has 9 heteroatoms. The second-order valence-electron chi connectivity index (χ2n) is 4.40. The van der Waals surface area contributed by atoms with Gasteiger partial charge in [-0.25, -0.2) is 17.9 Å². The Morgan fingerprint density at radius 3 is 2.62 bits per heavy atom. The van der Waals surface area contributed by atoms with Crippen molar-refractivity contribution in [3.05, 3.63) is 40.4 Å². The predicted octanol–water partition coefficient (Wildman–Crippen LogP) is 1.75. The van der Waals surface area contributed by atoms with Gasteiger partial charge in [-0.3, -0.25) is 4.68 Å². The van der Waals surface area contributed by atoms with Crippen LogP contribution in [0.15, 0.2) is 23.1 Å². The number of primary sulfonamides is 1. The number of hydrogen-bond acceptors (Lipinski definition) is 4. The molecular weight excluding hydrogens is 321 g/mol. The van der Waals surface area contributed by atoms with Crippen molar-refractivity contribution in [1.82, 2.24) is 9.78 Å². The van der Waals surface area contributed by atoms with Gasteiger partial charge in [0.1, 0.15) is 6.61 Å². The van der Waals surface area contributed by atoms with E-state index in [9.17, 15) is 12.8 Å². The van der Waals surface area contributed by atoms with Crippen LogP contribution in [0.3, 0.4) is 0 Å². The molecule has 0 bridgehead atoms. The van der Waals surface area contributed by atoms with E-state index in [0.717, 1.165) is 6.07 Å². The Morgan fingerprint density at radius 2 is 2.14 bits per heavy atom. The molecule has 2 aromatic rings. The molecular formula is C12H13ClFN3O3S. The van der Waals surface area contributed by atoms with Crippen LogP contribution in [0.1, 0.15) is 11.4 Å². The monoisotopic (exact) mass is 333 g/mol. The van der Waals surface area contributed by atoms with E-state index in [0.29, 0.717) is 16.4 Å². The Labute approximate surface area is 126 Å². The quantitative estimate of drug-likeness (QED) is 0.923. The minimum absolute atomic E-state index is 0.00180. The van der Waals surface area contributed by atoms with E-state index in [1.165, 1.54) is 16.8 Å². The molecule has 0 spiro atoms. The number of rotatable bonds is 4. The van der Waals surface area contributed by atoms with E-state index in [2.05, 4.69) is 5.10 Å². The second kappa shape index (κ2) is 5.63. The minimum Gasteiger partial charge on any atom is -0.484 e. The third kappa shape index (κ3) is 3.34. The first kappa shape index (κ1) is 15.7. The molecule has 0 saturated heterocycles. The van der Waals surface area contributed by atoms with Crippen LogP contribution < -0.4 is 9.88 Å². The zero-order valence-corrected chi connectivity index (χ0v) is 12.9. The van der Waals surface area contributed by atoms with Crippen LogP contribution in [0, 0.1) is 12.7 Å². The average molecular weight is 334 g/mol. The Bertz CT molecular complexity index is 789. The number of nitrogens with zero attached hydrogens (tertiary/aromatic N) is 2. The molecule has 0 fully saturated rings. The van der Waals surface area contributed by atoms with E-state index in [4.69, 9.17) is 21.5 Å². The Hall–Kier alpha value is -1.64. The third-order valence-electron chi connectivity index (χ3n) is 2.86. The van der Waals surface area contributed by atoms with Crippen molar-refractivity contribution in [3.63, 3.8) is 0 Å². The molecule has 114 valence electrons. The zero-order valence-electron chi connectivity index (χ0n) is 11.3. The van der Waals surface area contributed by atoms with Gasteiger partial charge in [-0.15, -0.1) is 0 Å². The molecule has 0 amide bonds. The smallest absolute Gasteiger partial charge is 0.238 e. The van der Waals surface area contributed by atoms with Crippen LogP contribution in [0.5, 0.6) is 5.75 Å². The first-order chi connectivity index (χ1) is 9.70. The highest BCUT2D eigenvalue weighted by Crippen LogP contribution is 2.24. The van der Waals surface area contributed by atoms with Crippen LogP contribution in [-0.2, 0) is 23.7 Å². The lowest BCUT2D eigenvalue weighted by Gasteiger charge is -2.09. The fourth-order valence-electron chi connectivity index (χ4n) is 1.76. The molecule has 0 aliphatic rings. The Kier molecular flexibility index (Phi) is 4.22. The molecule has 0 saturated carbocycles. The van der Waals surface area contributed by atoms with Crippen molar-refractivity contribution < 1.29 is 17.5 Å². The first-order valence-electron chi connectivity index (χ1n) is 5.83. The van der Waals surface area contributed by atoms with Crippen LogP contribution in [0.4, 0.5) is 4.39 Å². The summed E-state index contributed by atoms with van der Waals surface area (Å²) in [6.07, 6.45) is 0. The number of aryl methyl sites for hydroxylation is 2. The zero-order chi connectivity index (χ0) is 15.8. The molecule has 0 atom stereocenters. The van der Waals surface area contributed by atoms with Crippen molar-refractivity contribution in [3.8, 4) is 5.75 Å². The summed E-state index contributed by atoms with van der Waals surface area (Å²) in [6, 6.07) is 3.18. The number of benzene rings is 1. The van der Waals surface area contributed by atoms with Gasteiger partial charge < -0.3 is 4.74 Å². The number of ether oxygens (including phenoxy) is 1. The summed E-state index contributed by atoms with van der Waals surface area (Å²) in [6.45, 7) is 1.75. The van der Waals surface area contributed by atoms with E-state index < -0.39 is 15.8 Å². The van der Waals surface area contributed by atoms with E-state index in [-0.39, 0.29) is 17.3 Å².